The Balaban J connectivity index is 2.22. The van der Waals surface area contributed by atoms with Crippen molar-refractivity contribution in [2.45, 2.75) is 18.9 Å². The van der Waals surface area contributed by atoms with Crippen LogP contribution < -0.4 is 0 Å². The zero-order valence-corrected chi connectivity index (χ0v) is 9.97. The van der Waals surface area contributed by atoms with E-state index < -0.39 is 6.10 Å². The Hall–Kier alpha value is -1.45. The first-order valence-electron chi connectivity index (χ1n) is 5.82. The Morgan fingerprint density at radius 2 is 2.12 bits per heavy atom. The van der Waals surface area contributed by atoms with Crippen molar-refractivity contribution in [3.05, 3.63) is 42.2 Å². The molecular weight excluding hydrogens is 214 g/mol. The molecule has 17 heavy (non-hydrogen) atoms. The van der Waals surface area contributed by atoms with Crippen LogP contribution in [0.4, 0.5) is 0 Å². The predicted molar refractivity (Wildman–Crippen MR) is 67.8 cm³/mol. The summed E-state index contributed by atoms with van der Waals surface area (Å²) in [6.45, 7) is 0.676. The monoisotopic (exact) mass is 231 g/mol. The van der Waals surface area contributed by atoms with Crippen LogP contribution in [0.3, 0.4) is 0 Å². The molecule has 0 radical (unpaired) electrons. The number of pyridine rings is 1. The first kappa shape index (κ1) is 12.0. The van der Waals surface area contributed by atoms with Crippen molar-refractivity contribution in [1.29, 1.82) is 0 Å². The van der Waals surface area contributed by atoms with Gasteiger partial charge in [0, 0.05) is 37.1 Å². The zero-order valence-electron chi connectivity index (χ0n) is 9.97. The van der Waals surface area contributed by atoms with Crippen molar-refractivity contribution in [2.24, 2.45) is 0 Å². The minimum Gasteiger partial charge on any atom is -0.388 e. The highest BCUT2D eigenvalue weighted by molar-refractivity contribution is 5.84. The Bertz CT molecular complexity index is 479. The van der Waals surface area contributed by atoms with Gasteiger partial charge in [-0.3, -0.25) is 4.98 Å². The average molecular weight is 231 g/mol. The van der Waals surface area contributed by atoms with Crippen LogP contribution in [0, 0.1) is 0 Å². The molecule has 0 aliphatic rings. The number of aliphatic hydroxyl groups is 1. The summed E-state index contributed by atoms with van der Waals surface area (Å²) in [5.74, 6) is 0. The Morgan fingerprint density at radius 1 is 1.29 bits per heavy atom. The Labute approximate surface area is 101 Å². The molecule has 0 amide bonds. The molecule has 1 unspecified atom stereocenters. The van der Waals surface area contributed by atoms with Gasteiger partial charge in [-0.1, -0.05) is 24.3 Å². The molecule has 1 heterocycles. The standard InChI is InChI=1S/C14H17NO2/c1-17-8-4-7-14(16)13-10-15-9-11-5-2-3-6-12(11)13/h2-3,5-6,9-10,14,16H,4,7-8H2,1H3. The molecule has 1 atom stereocenters. The van der Waals surface area contributed by atoms with Gasteiger partial charge in [-0.2, -0.15) is 0 Å². The summed E-state index contributed by atoms with van der Waals surface area (Å²) in [7, 11) is 1.67. The maximum Gasteiger partial charge on any atom is 0.0811 e. The smallest absolute Gasteiger partial charge is 0.0811 e. The number of benzene rings is 1. The average Bonchev–Trinajstić information content (AvgIpc) is 2.38. The first-order chi connectivity index (χ1) is 8.33. The molecule has 0 fully saturated rings. The van der Waals surface area contributed by atoms with Crippen LogP contribution in [0.2, 0.25) is 0 Å². The molecule has 0 aliphatic carbocycles. The molecule has 2 aromatic rings. The summed E-state index contributed by atoms with van der Waals surface area (Å²) in [4.78, 5) is 4.17. The van der Waals surface area contributed by atoms with Crippen molar-refractivity contribution in [1.82, 2.24) is 4.98 Å². The molecule has 90 valence electrons. The van der Waals surface area contributed by atoms with Crippen LogP contribution in [0.25, 0.3) is 10.8 Å². The summed E-state index contributed by atoms with van der Waals surface area (Å²) >= 11 is 0. The maximum absolute atomic E-state index is 10.1. The van der Waals surface area contributed by atoms with Crippen molar-refractivity contribution in [3.8, 4) is 0 Å². The molecule has 1 aromatic carbocycles. The second-order valence-corrected chi connectivity index (χ2v) is 4.10. The van der Waals surface area contributed by atoms with Crippen molar-refractivity contribution < 1.29 is 9.84 Å². The van der Waals surface area contributed by atoms with Gasteiger partial charge in [0.1, 0.15) is 0 Å². The number of aliphatic hydroxyl groups excluding tert-OH is 1. The molecule has 0 aliphatic heterocycles. The third-order valence-electron chi connectivity index (χ3n) is 2.88. The highest BCUT2D eigenvalue weighted by Gasteiger charge is 2.10. The summed E-state index contributed by atoms with van der Waals surface area (Å²) in [5, 5.41) is 12.3. The summed E-state index contributed by atoms with van der Waals surface area (Å²) < 4.78 is 4.99. The SMILES string of the molecule is COCCCC(O)c1cncc2ccccc12. The molecular formula is C14H17NO2. The van der Waals surface area contributed by atoms with E-state index in [9.17, 15) is 5.11 Å². The van der Waals surface area contributed by atoms with E-state index in [0.717, 1.165) is 22.8 Å². The van der Waals surface area contributed by atoms with E-state index in [4.69, 9.17) is 4.74 Å². The summed E-state index contributed by atoms with van der Waals surface area (Å²) in [5.41, 5.74) is 0.902. The molecule has 0 spiro atoms. The molecule has 3 heteroatoms. The van der Waals surface area contributed by atoms with Crippen LogP contribution in [0.15, 0.2) is 36.7 Å². The lowest BCUT2D eigenvalue weighted by Crippen LogP contribution is -2.01. The van der Waals surface area contributed by atoms with E-state index in [1.165, 1.54) is 0 Å². The lowest BCUT2D eigenvalue weighted by atomic mass is 10.0. The van der Waals surface area contributed by atoms with E-state index in [1.54, 1.807) is 13.3 Å². The van der Waals surface area contributed by atoms with Crippen LogP contribution in [0.5, 0.6) is 0 Å². The quantitative estimate of drug-likeness (QED) is 0.804. The largest absolute Gasteiger partial charge is 0.388 e. The maximum atomic E-state index is 10.1. The number of fused-ring (bicyclic) bond motifs is 1. The first-order valence-corrected chi connectivity index (χ1v) is 5.82. The molecule has 0 bridgehead atoms. The topological polar surface area (TPSA) is 42.4 Å². The highest BCUT2D eigenvalue weighted by Crippen LogP contribution is 2.25. The third kappa shape index (κ3) is 2.81. The Morgan fingerprint density at radius 3 is 2.94 bits per heavy atom. The van der Waals surface area contributed by atoms with Crippen LogP contribution >= 0.6 is 0 Å². The molecule has 1 aromatic heterocycles. The van der Waals surface area contributed by atoms with Crippen LogP contribution in [-0.4, -0.2) is 23.8 Å². The highest BCUT2D eigenvalue weighted by atomic mass is 16.5. The zero-order chi connectivity index (χ0) is 12.1. The van der Waals surface area contributed by atoms with Gasteiger partial charge in [0.2, 0.25) is 0 Å². The number of aromatic nitrogens is 1. The van der Waals surface area contributed by atoms with Gasteiger partial charge in [0.15, 0.2) is 0 Å². The minimum absolute atomic E-state index is 0.469. The van der Waals surface area contributed by atoms with Gasteiger partial charge in [-0.05, 0) is 18.2 Å². The number of methoxy groups -OCH3 is 1. The fourth-order valence-corrected chi connectivity index (χ4v) is 1.98. The second-order valence-electron chi connectivity index (χ2n) is 4.10. The van der Waals surface area contributed by atoms with E-state index in [1.807, 2.05) is 30.5 Å². The van der Waals surface area contributed by atoms with Gasteiger partial charge in [-0.15, -0.1) is 0 Å². The molecule has 2 rings (SSSR count). The van der Waals surface area contributed by atoms with E-state index in [-0.39, 0.29) is 0 Å². The number of hydrogen-bond donors (Lipinski definition) is 1. The van der Waals surface area contributed by atoms with Gasteiger partial charge < -0.3 is 9.84 Å². The summed E-state index contributed by atoms with van der Waals surface area (Å²) in [6, 6.07) is 7.98. The molecule has 1 N–H and O–H groups in total. The van der Waals surface area contributed by atoms with Crippen molar-refractivity contribution in [3.63, 3.8) is 0 Å². The predicted octanol–water partition coefficient (Wildman–Crippen LogP) is 2.69. The number of hydrogen-bond acceptors (Lipinski definition) is 3. The molecule has 3 nitrogen and oxygen atoms in total. The number of ether oxygens (including phenoxy) is 1. The van der Waals surface area contributed by atoms with E-state index in [2.05, 4.69) is 4.98 Å². The Kier molecular flexibility index (Phi) is 4.07. The summed E-state index contributed by atoms with van der Waals surface area (Å²) in [6.07, 6.45) is 4.65. The van der Waals surface area contributed by atoms with Gasteiger partial charge in [-0.25, -0.2) is 0 Å². The second kappa shape index (κ2) is 5.75. The molecule has 0 saturated heterocycles. The van der Waals surface area contributed by atoms with Crippen molar-refractivity contribution in [2.75, 3.05) is 13.7 Å². The third-order valence-corrected chi connectivity index (χ3v) is 2.88. The van der Waals surface area contributed by atoms with Crippen LogP contribution in [-0.2, 0) is 4.74 Å². The van der Waals surface area contributed by atoms with Crippen molar-refractivity contribution >= 4 is 10.8 Å². The lowest BCUT2D eigenvalue weighted by Gasteiger charge is -2.12. The fourth-order valence-electron chi connectivity index (χ4n) is 1.98. The minimum atomic E-state index is -0.469. The normalized spacial score (nSPS) is 12.8. The number of rotatable bonds is 5. The fraction of sp³-hybridized carbons (Fsp3) is 0.357. The number of nitrogens with zero attached hydrogens (tertiary/aromatic N) is 1. The van der Waals surface area contributed by atoms with Gasteiger partial charge >= 0.3 is 0 Å². The van der Waals surface area contributed by atoms with Gasteiger partial charge in [0.25, 0.3) is 0 Å². The van der Waals surface area contributed by atoms with Gasteiger partial charge in [0.05, 0.1) is 6.10 Å². The molecule has 0 saturated carbocycles. The van der Waals surface area contributed by atoms with E-state index >= 15 is 0 Å². The van der Waals surface area contributed by atoms with Crippen LogP contribution in [0.1, 0.15) is 24.5 Å². The van der Waals surface area contributed by atoms with E-state index in [0.29, 0.717) is 13.0 Å². The lowest BCUT2D eigenvalue weighted by molar-refractivity contribution is 0.137.